The Morgan fingerprint density at radius 1 is 0.415 bits per heavy atom. The van der Waals surface area contributed by atoms with Gasteiger partial charge in [0.25, 0.3) is 0 Å². The van der Waals surface area contributed by atoms with Crippen molar-refractivity contribution in [1.29, 1.82) is 0 Å². The van der Waals surface area contributed by atoms with Gasteiger partial charge in [-0.25, -0.2) is 0 Å². The number of rotatable bonds is 4. The van der Waals surface area contributed by atoms with E-state index in [2.05, 4.69) is 236 Å². The largest absolute Gasteiger partial charge is 0.355 e. The fourth-order valence-corrected chi connectivity index (χ4v) is 12.4. The summed E-state index contributed by atoms with van der Waals surface area (Å²) in [5.41, 5.74) is 26.5. The van der Waals surface area contributed by atoms with E-state index < -0.39 is 5.41 Å². The summed E-state index contributed by atoms with van der Waals surface area (Å²) in [4.78, 5) is 2.66. The lowest BCUT2D eigenvalue weighted by molar-refractivity contribution is 0.660. The molecule has 0 saturated carbocycles. The maximum atomic E-state index is 4.00. The predicted octanol–water partition coefficient (Wildman–Crippen LogP) is 14.1. The Morgan fingerprint density at radius 2 is 1.00 bits per heavy atom. The van der Waals surface area contributed by atoms with E-state index in [9.17, 15) is 0 Å². The number of fused-ring (bicyclic) bond motifs is 15. The third-order valence-corrected chi connectivity index (χ3v) is 15.2. The van der Waals surface area contributed by atoms with Crippen LogP contribution in [0, 0.1) is 0 Å². The highest BCUT2D eigenvalue weighted by molar-refractivity contribution is 6.73. The van der Waals surface area contributed by atoms with E-state index in [0.29, 0.717) is 0 Å². The van der Waals surface area contributed by atoms with E-state index in [1.807, 2.05) is 0 Å². The molecule has 0 fully saturated rings. The van der Waals surface area contributed by atoms with Gasteiger partial charge >= 0.3 is 0 Å². The number of hydrogen-bond donors (Lipinski definition) is 1. The molecule has 0 radical (unpaired) electrons. The van der Waals surface area contributed by atoms with E-state index in [1.54, 1.807) is 0 Å². The summed E-state index contributed by atoms with van der Waals surface area (Å²) in [6.45, 7) is 4.85. The smallest absolute Gasteiger partial charge is 0.198 e. The molecule has 65 heavy (non-hydrogen) atoms. The Kier molecular flexibility index (Phi) is 7.50. The lowest BCUT2D eigenvalue weighted by Gasteiger charge is -2.48. The predicted molar refractivity (Wildman–Crippen MR) is 274 cm³/mol. The Balaban J connectivity index is 1.06. The number of benzene rings is 10. The van der Waals surface area contributed by atoms with E-state index >= 15 is 0 Å². The summed E-state index contributed by atoms with van der Waals surface area (Å²) < 4.78 is 0. The Bertz CT molecular complexity index is 3590. The van der Waals surface area contributed by atoms with Gasteiger partial charge < -0.3 is 10.2 Å². The van der Waals surface area contributed by atoms with Crippen LogP contribution in [-0.4, -0.2) is 7.28 Å². The van der Waals surface area contributed by atoms with Gasteiger partial charge in [-0.15, -0.1) is 0 Å². The zero-order valence-corrected chi connectivity index (χ0v) is 36.4. The van der Waals surface area contributed by atoms with Crippen molar-refractivity contribution in [3.63, 3.8) is 0 Å². The van der Waals surface area contributed by atoms with Crippen molar-refractivity contribution in [1.82, 2.24) is 0 Å². The molecule has 0 saturated heterocycles. The van der Waals surface area contributed by atoms with Crippen molar-refractivity contribution in [3.05, 3.63) is 246 Å². The summed E-state index contributed by atoms with van der Waals surface area (Å²) in [7, 11) is 0.805. The molecule has 0 bridgehead atoms. The van der Waals surface area contributed by atoms with Crippen molar-refractivity contribution in [3.8, 4) is 44.5 Å². The highest BCUT2D eigenvalue weighted by atomic mass is 15.2. The zero-order chi connectivity index (χ0) is 43.0. The maximum absolute atomic E-state index is 4.00. The lowest BCUT2D eigenvalue weighted by Crippen LogP contribution is -2.47. The maximum Gasteiger partial charge on any atom is 0.198 e. The summed E-state index contributed by atoms with van der Waals surface area (Å²) in [6, 6.07) is 79.6. The number of nitrogens with one attached hydrogen (secondary N) is 1. The van der Waals surface area contributed by atoms with Crippen LogP contribution in [0.15, 0.2) is 212 Å². The van der Waals surface area contributed by atoms with Crippen LogP contribution in [0.3, 0.4) is 0 Å². The van der Waals surface area contributed by atoms with Gasteiger partial charge in [-0.3, -0.25) is 0 Å². The topological polar surface area (TPSA) is 15.3 Å². The summed E-state index contributed by atoms with van der Waals surface area (Å²) >= 11 is 0. The van der Waals surface area contributed by atoms with Gasteiger partial charge in [-0.05, 0) is 125 Å². The Morgan fingerprint density at radius 3 is 1.74 bits per heavy atom. The van der Waals surface area contributed by atoms with E-state index in [0.717, 1.165) is 18.7 Å². The lowest BCUT2D eigenvalue weighted by atomic mass is 9.54. The highest BCUT2D eigenvalue weighted by Gasteiger charge is 2.53. The molecule has 2 aliphatic carbocycles. The van der Waals surface area contributed by atoms with Crippen molar-refractivity contribution in [2.24, 2.45) is 0 Å². The third kappa shape index (κ3) is 4.90. The molecule has 0 atom stereocenters. The Labute approximate surface area is 380 Å². The third-order valence-electron chi connectivity index (χ3n) is 15.2. The molecule has 10 aromatic rings. The molecule has 2 heterocycles. The van der Waals surface area contributed by atoms with Crippen LogP contribution in [-0.2, 0) is 10.8 Å². The van der Waals surface area contributed by atoms with Crippen LogP contribution in [0.2, 0.25) is 0 Å². The molecule has 4 aliphatic rings. The van der Waals surface area contributed by atoms with E-state index in [-0.39, 0.29) is 5.41 Å². The van der Waals surface area contributed by atoms with Gasteiger partial charge in [0, 0.05) is 33.7 Å². The monoisotopic (exact) mass is 826 g/mol. The summed E-state index contributed by atoms with van der Waals surface area (Å²) in [5, 5.41) is 6.44. The van der Waals surface area contributed by atoms with Crippen molar-refractivity contribution in [2.75, 3.05) is 10.2 Å². The van der Waals surface area contributed by atoms with Crippen LogP contribution < -0.4 is 21.1 Å². The fourth-order valence-electron chi connectivity index (χ4n) is 12.4. The minimum atomic E-state index is -0.455. The normalized spacial score (nSPS) is 14.6. The SMILES string of the molecule is CC1(C)c2ccccc2-c2c1cc1c(c2-c2cc3ccccc3cc2Nc2ccc(-c3ccccc3)cc2)Bc2cccc3c2N1c1ccccc1C31c2ccccc2-c2ccccc21. The van der Waals surface area contributed by atoms with Gasteiger partial charge in [0.15, 0.2) is 7.28 Å². The first-order chi connectivity index (χ1) is 32.0. The zero-order valence-electron chi connectivity index (χ0n) is 36.4. The average Bonchev–Trinajstić information content (AvgIpc) is 3.77. The molecule has 1 spiro atoms. The highest BCUT2D eigenvalue weighted by Crippen LogP contribution is 2.64. The van der Waals surface area contributed by atoms with Crippen LogP contribution in [0.1, 0.15) is 47.2 Å². The first kappa shape index (κ1) is 36.6. The number of anilines is 5. The molecular formula is C62H43BN2. The second kappa shape index (κ2) is 13.3. The second-order valence-electron chi connectivity index (χ2n) is 18.8. The average molecular weight is 827 g/mol. The molecule has 2 nitrogen and oxygen atoms in total. The molecule has 14 rings (SSSR count). The fraction of sp³-hybridized carbons (Fsp3) is 0.0645. The van der Waals surface area contributed by atoms with Crippen LogP contribution >= 0.6 is 0 Å². The summed E-state index contributed by atoms with van der Waals surface area (Å²) in [6.07, 6.45) is 0. The van der Waals surface area contributed by atoms with Gasteiger partial charge in [0.2, 0.25) is 0 Å². The molecule has 0 amide bonds. The van der Waals surface area contributed by atoms with Crippen LogP contribution in [0.4, 0.5) is 28.4 Å². The first-order valence-electron chi connectivity index (χ1n) is 23.0. The molecule has 0 unspecified atom stereocenters. The van der Waals surface area contributed by atoms with Gasteiger partial charge in [0.05, 0.1) is 11.1 Å². The first-order valence-corrected chi connectivity index (χ1v) is 23.0. The van der Waals surface area contributed by atoms with Crippen molar-refractivity contribution < 1.29 is 0 Å². The molecule has 0 aromatic heterocycles. The molecular weight excluding hydrogens is 784 g/mol. The summed E-state index contributed by atoms with van der Waals surface area (Å²) in [5.74, 6) is 0. The minimum Gasteiger partial charge on any atom is -0.355 e. The van der Waals surface area contributed by atoms with Crippen LogP contribution in [0.25, 0.3) is 55.3 Å². The van der Waals surface area contributed by atoms with E-state index in [1.165, 1.54) is 117 Å². The molecule has 2 aliphatic heterocycles. The Hall–Kier alpha value is -7.88. The quantitative estimate of drug-likeness (QED) is 0.178. The van der Waals surface area contributed by atoms with Gasteiger partial charge in [-0.1, -0.05) is 195 Å². The number of para-hydroxylation sites is 2. The second-order valence-corrected chi connectivity index (χ2v) is 18.8. The molecule has 304 valence electrons. The van der Waals surface area contributed by atoms with Crippen LogP contribution in [0.5, 0.6) is 0 Å². The standard InChI is InChI=1S/C62H43BN2/c1-61(2)47-24-11-10-23-45(47)57-52(61)37-56-59(58(57)46-35-40-19-6-7-20-41(40)36-54(46)64-42-33-31-39(32-34-42)38-17-4-3-5-18-38)63-53-29-16-28-51-60(53)65(56)55-30-15-14-27-50(55)62(51)48-25-12-8-21-43(48)44-22-9-13-26-49(44)62/h3-37,63-64H,1-2H3. The molecule has 1 N–H and O–H groups in total. The number of hydrogen-bond acceptors (Lipinski definition) is 2. The van der Waals surface area contributed by atoms with Gasteiger partial charge in [-0.2, -0.15) is 0 Å². The molecule has 10 aromatic carbocycles. The van der Waals surface area contributed by atoms with E-state index in [4.69, 9.17) is 0 Å². The number of nitrogens with zero attached hydrogens (tertiary/aromatic N) is 1. The minimum absolute atomic E-state index is 0.229. The van der Waals surface area contributed by atoms with Gasteiger partial charge in [0.1, 0.15) is 0 Å². The van der Waals surface area contributed by atoms with Crippen molar-refractivity contribution >= 4 is 57.4 Å². The molecule has 3 heteroatoms. The van der Waals surface area contributed by atoms with Crippen molar-refractivity contribution in [2.45, 2.75) is 24.7 Å².